The van der Waals surface area contributed by atoms with Crippen LogP contribution in [-0.4, -0.2) is 45.3 Å². The number of halogens is 1. The van der Waals surface area contributed by atoms with E-state index in [4.69, 9.17) is 0 Å². The molecule has 0 unspecified atom stereocenters. The third-order valence-corrected chi connectivity index (χ3v) is 6.57. The Hall–Kier alpha value is -0.840. The van der Waals surface area contributed by atoms with E-state index in [1.54, 1.807) is 12.1 Å². The third-order valence-electron chi connectivity index (χ3n) is 5.44. The van der Waals surface area contributed by atoms with Gasteiger partial charge in [-0.3, -0.25) is 0 Å². The first kappa shape index (κ1) is 26.2. The van der Waals surface area contributed by atoms with Crippen molar-refractivity contribution in [3.8, 4) is 0 Å². The molecule has 0 spiro atoms. The van der Waals surface area contributed by atoms with Crippen LogP contribution in [0.2, 0.25) is 0 Å². The van der Waals surface area contributed by atoms with E-state index in [0.717, 1.165) is 23.0 Å². The fraction of sp³-hybridized carbons (Fsp3) is 0.636. The SMILES string of the molecule is CCCCCCC[N+](CC)(CC)C/C=C/Cc1ccc(S(C)(=O)=O)cc1.[Cl-]. The van der Waals surface area contributed by atoms with Crippen molar-refractivity contribution in [1.29, 1.82) is 0 Å². The van der Waals surface area contributed by atoms with E-state index in [-0.39, 0.29) is 12.4 Å². The Morgan fingerprint density at radius 2 is 1.48 bits per heavy atom. The minimum absolute atomic E-state index is 0. The molecule has 0 fully saturated rings. The van der Waals surface area contributed by atoms with Crippen molar-refractivity contribution >= 4 is 9.84 Å². The summed E-state index contributed by atoms with van der Waals surface area (Å²) < 4.78 is 24.2. The molecule has 0 atom stereocenters. The van der Waals surface area contributed by atoms with Gasteiger partial charge in [0.1, 0.15) is 0 Å². The van der Waals surface area contributed by atoms with Crippen molar-refractivity contribution in [2.24, 2.45) is 0 Å². The van der Waals surface area contributed by atoms with Gasteiger partial charge in [-0.1, -0.05) is 44.4 Å². The van der Waals surface area contributed by atoms with E-state index in [1.807, 2.05) is 12.1 Å². The van der Waals surface area contributed by atoms with Crippen molar-refractivity contribution in [2.45, 2.75) is 64.2 Å². The molecule has 27 heavy (non-hydrogen) atoms. The molecule has 5 heteroatoms. The number of hydrogen-bond acceptors (Lipinski definition) is 2. The van der Waals surface area contributed by atoms with Crippen molar-refractivity contribution < 1.29 is 25.3 Å². The Bertz CT molecular complexity index is 635. The maximum Gasteiger partial charge on any atom is 0.175 e. The normalized spacial score (nSPS) is 12.3. The average Bonchev–Trinajstić information content (AvgIpc) is 2.63. The van der Waals surface area contributed by atoms with Crippen LogP contribution in [0.1, 0.15) is 58.4 Å². The molecule has 0 saturated carbocycles. The summed E-state index contributed by atoms with van der Waals surface area (Å²) in [5.41, 5.74) is 1.15. The van der Waals surface area contributed by atoms with Crippen LogP contribution in [0.15, 0.2) is 41.3 Å². The van der Waals surface area contributed by atoms with Crippen molar-refractivity contribution in [1.82, 2.24) is 0 Å². The minimum Gasteiger partial charge on any atom is -1.00 e. The van der Waals surface area contributed by atoms with Crippen LogP contribution in [0.5, 0.6) is 0 Å². The van der Waals surface area contributed by atoms with Crippen LogP contribution in [0, 0.1) is 0 Å². The van der Waals surface area contributed by atoms with Gasteiger partial charge in [0.2, 0.25) is 0 Å². The zero-order valence-corrected chi connectivity index (χ0v) is 19.2. The van der Waals surface area contributed by atoms with Gasteiger partial charge < -0.3 is 16.9 Å². The predicted octanol–water partition coefficient (Wildman–Crippen LogP) is 2.02. The second-order valence-corrected chi connectivity index (χ2v) is 9.40. The lowest BCUT2D eigenvalue weighted by Crippen LogP contribution is -3.00. The van der Waals surface area contributed by atoms with Crippen LogP contribution in [0.3, 0.4) is 0 Å². The second-order valence-electron chi connectivity index (χ2n) is 7.39. The monoisotopic (exact) mass is 415 g/mol. The fourth-order valence-corrected chi connectivity index (χ4v) is 3.96. The maximum atomic E-state index is 11.5. The topological polar surface area (TPSA) is 34.1 Å². The van der Waals surface area contributed by atoms with E-state index in [9.17, 15) is 8.42 Å². The van der Waals surface area contributed by atoms with Gasteiger partial charge in [0.15, 0.2) is 9.84 Å². The summed E-state index contributed by atoms with van der Waals surface area (Å²) in [6.45, 7) is 11.6. The van der Waals surface area contributed by atoms with E-state index in [2.05, 4.69) is 32.9 Å². The molecule has 0 N–H and O–H groups in total. The van der Waals surface area contributed by atoms with Crippen molar-refractivity contribution in [3.05, 3.63) is 42.0 Å². The highest BCUT2D eigenvalue weighted by atomic mass is 35.5. The van der Waals surface area contributed by atoms with E-state index in [0.29, 0.717) is 4.90 Å². The lowest BCUT2D eigenvalue weighted by atomic mass is 10.1. The van der Waals surface area contributed by atoms with Gasteiger partial charge >= 0.3 is 0 Å². The van der Waals surface area contributed by atoms with E-state index in [1.165, 1.54) is 58.0 Å². The van der Waals surface area contributed by atoms with Gasteiger partial charge in [0.25, 0.3) is 0 Å². The summed E-state index contributed by atoms with van der Waals surface area (Å²) in [5.74, 6) is 0. The lowest BCUT2D eigenvalue weighted by Gasteiger charge is -2.36. The van der Waals surface area contributed by atoms with Gasteiger partial charge in [0.05, 0.1) is 31.1 Å². The first-order valence-corrected chi connectivity index (χ1v) is 12.0. The zero-order chi connectivity index (χ0) is 19.5. The largest absolute Gasteiger partial charge is 1.00 e. The summed E-state index contributed by atoms with van der Waals surface area (Å²) in [4.78, 5) is 0.390. The highest BCUT2D eigenvalue weighted by molar-refractivity contribution is 7.90. The number of nitrogens with zero attached hydrogens (tertiary/aromatic N) is 1. The molecule has 0 aliphatic heterocycles. The molecule has 0 saturated heterocycles. The molecule has 0 aromatic heterocycles. The van der Waals surface area contributed by atoms with Crippen LogP contribution >= 0.6 is 0 Å². The van der Waals surface area contributed by atoms with Gasteiger partial charge in [-0.15, -0.1) is 0 Å². The summed E-state index contributed by atoms with van der Waals surface area (Å²) >= 11 is 0. The molecule has 1 rings (SSSR count). The standard InChI is InChI=1S/C22H38NO2S.ClH/c1-5-8-9-10-12-19-23(6-2,7-3)20-13-11-14-21-15-17-22(18-16-21)26(4,24)25;/h11,13,15-18H,5-10,12,14,19-20H2,1-4H3;1H/q+1;/p-1/b13-11+;. The molecule has 0 bridgehead atoms. The molecule has 0 radical (unpaired) electrons. The Kier molecular flexibility index (Phi) is 12.9. The number of likely N-dealkylation sites (N-methyl/N-ethyl adjacent to an activating group) is 1. The quantitative estimate of drug-likeness (QED) is 0.280. The number of unbranched alkanes of at least 4 members (excludes halogenated alkanes) is 4. The third kappa shape index (κ3) is 9.77. The number of rotatable bonds is 13. The molecular weight excluding hydrogens is 378 g/mol. The zero-order valence-electron chi connectivity index (χ0n) is 17.6. The van der Waals surface area contributed by atoms with Crippen LogP contribution < -0.4 is 12.4 Å². The summed E-state index contributed by atoms with van der Waals surface area (Å²) in [6, 6.07) is 7.23. The van der Waals surface area contributed by atoms with Crippen molar-refractivity contribution in [3.63, 3.8) is 0 Å². The average molecular weight is 416 g/mol. The van der Waals surface area contributed by atoms with E-state index < -0.39 is 9.84 Å². The van der Waals surface area contributed by atoms with E-state index >= 15 is 0 Å². The first-order valence-electron chi connectivity index (χ1n) is 10.2. The molecule has 0 heterocycles. The molecule has 0 aliphatic carbocycles. The molecule has 0 amide bonds. The number of benzene rings is 1. The predicted molar refractivity (Wildman–Crippen MR) is 112 cm³/mol. The number of sulfone groups is 1. The summed E-state index contributed by atoms with van der Waals surface area (Å²) in [5, 5.41) is 0. The maximum absolute atomic E-state index is 11.5. The highest BCUT2D eigenvalue weighted by Gasteiger charge is 2.20. The summed E-state index contributed by atoms with van der Waals surface area (Å²) in [7, 11) is -3.11. The molecule has 3 nitrogen and oxygen atoms in total. The van der Waals surface area contributed by atoms with Crippen LogP contribution in [-0.2, 0) is 16.3 Å². The van der Waals surface area contributed by atoms with Gasteiger partial charge in [0, 0.05) is 6.26 Å². The number of hydrogen-bond donors (Lipinski definition) is 0. The molecule has 0 aliphatic rings. The Morgan fingerprint density at radius 3 is 2.00 bits per heavy atom. The summed E-state index contributed by atoms with van der Waals surface area (Å²) in [6.07, 6.45) is 13.3. The Morgan fingerprint density at radius 1 is 0.889 bits per heavy atom. The highest BCUT2D eigenvalue weighted by Crippen LogP contribution is 2.13. The Balaban J connectivity index is 0.00000676. The van der Waals surface area contributed by atoms with Crippen LogP contribution in [0.4, 0.5) is 0 Å². The number of quaternary nitrogens is 1. The van der Waals surface area contributed by atoms with Crippen LogP contribution in [0.25, 0.3) is 0 Å². The molecular formula is C22H38ClNO2S. The van der Waals surface area contributed by atoms with Gasteiger partial charge in [-0.05, 0) is 56.9 Å². The minimum atomic E-state index is -3.11. The van der Waals surface area contributed by atoms with Crippen molar-refractivity contribution in [2.75, 3.05) is 32.4 Å². The molecule has 1 aromatic carbocycles. The lowest BCUT2D eigenvalue weighted by molar-refractivity contribution is -0.919. The smallest absolute Gasteiger partial charge is 0.175 e. The molecule has 156 valence electrons. The molecule has 1 aromatic rings. The second kappa shape index (κ2) is 13.4. The van der Waals surface area contributed by atoms with Gasteiger partial charge in [-0.25, -0.2) is 8.42 Å². The fourth-order valence-electron chi connectivity index (χ4n) is 3.33. The Labute approximate surface area is 173 Å². The van der Waals surface area contributed by atoms with Gasteiger partial charge in [-0.2, -0.15) is 0 Å². The first-order chi connectivity index (χ1) is 12.4. The number of allylic oxidation sites excluding steroid dienone is 1.